The van der Waals surface area contributed by atoms with Gasteiger partial charge in [0.25, 0.3) is 0 Å². The van der Waals surface area contributed by atoms with Crippen LogP contribution in [0.4, 0.5) is 0 Å². The lowest BCUT2D eigenvalue weighted by molar-refractivity contribution is 0.113. The van der Waals surface area contributed by atoms with E-state index in [1.807, 2.05) is 4.68 Å². The van der Waals surface area contributed by atoms with Gasteiger partial charge in [-0.05, 0) is 64.4 Å². The zero-order chi connectivity index (χ0) is 24.9. The number of hydrogen-bond acceptors (Lipinski definition) is 5. The number of aromatic nitrogens is 4. The van der Waals surface area contributed by atoms with E-state index in [-0.39, 0.29) is 6.04 Å². The second kappa shape index (κ2) is 11.2. The van der Waals surface area contributed by atoms with Crippen LogP contribution in [-0.2, 0) is 12.8 Å². The average molecular weight is 491 g/mol. The largest absolute Gasteiger partial charge is 0.297 e. The zero-order valence-electron chi connectivity index (χ0n) is 21.3. The Bertz CT molecular complexity index is 1320. The van der Waals surface area contributed by atoms with Gasteiger partial charge in [0.15, 0.2) is 5.82 Å². The summed E-state index contributed by atoms with van der Waals surface area (Å²) >= 11 is 0. The first kappa shape index (κ1) is 23.8. The molecule has 1 saturated heterocycles. The highest BCUT2D eigenvalue weighted by Gasteiger charge is 2.31. The van der Waals surface area contributed by atoms with Gasteiger partial charge in [-0.25, -0.2) is 0 Å². The lowest BCUT2D eigenvalue weighted by Gasteiger charge is -2.38. The van der Waals surface area contributed by atoms with Gasteiger partial charge in [-0.1, -0.05) is 84.9 Å². The van der Waals surface area contributed by atoms with Crippen LogP contribution in [0.25, 0.3) is 11.8 Å². The van der Waals surface area contributed by atoms with E-state index >= 15 is 0 Å². The van der Waals surface area contributed by atoms with Crippen molar-refractivity contribution in [2.75, 3.05) is 32.7 Å². The van der Waals surface area contributed by atoms with Gasteiger partial charge >= 0.3 is 0 Å². The molecule has 1 aliphatic carbocycles. The van der Waals surface area contributed by atoms with Crippen molar-refractivity contribution >= 4 is 6.08 Å². The third-order valence-corrected chi connectivity index (χ3v) is 7.70. The fourth-order valence-corrected chi connectivity index (χ4v) is 5.76. The molecule has 6 rings (SSSR count). The van der Waals surface area contributed by atoms with Crippen molar-refractivity contribution in [2.24, 2.45) is 0 Å². The molecule has 2 heterocycles. The minimum Gasteiger partial charge on any atom is -0.297 e. The van der Waals surface area contributed by atoms with Crippen LogP contribution in [0.15, 0.2) is 84.9 Å². The molecule has 1 atom stereocenters. The summed E-state index contributed by atoms with van der Waals surface area (Å²) in [4.78, 5) is 5.07. The molecule has 0 saturated carbocycles. The van der Waals surface area contributed by atoms with E-state index in [1.165, 1.54) is 35.1 Å². The zero-order valence-corrected chi connectivity index (χ0v) is 21.3. The number of hydrogen-bond donors (Lipinski definition) is 0. The van der Waals surface area contributed by atoms with Gasteiger partial charge in [-0.3, -0.25) is 9.80 Å². The van der Waals surface area contributed by atoms with E-state index < -0.39 is 0 Å². The fraction of sp³-hybridized carbons (Fsp3) is 0.323. The van der Waals surface area contributed by atoms with E-state index in [0.717, 1.165) is 57.1 Å². The van der Waals surface area contributed by atoms with Crippen molar-refractivity contribution in [1.82, 2.24) is 30.0 Å². The number of piperazine rings is 1. The summed E-state index contributed by atoms with van der Waals surface area (Å²) in [7, 11) is 0. The molecule has 3 aromatic carbocycles. The highest BCUT2D eigenvalue weighted by Crippen LogP contribution is 2.32. The molecule has 0 unspecified atom stereocenters. The molecule has 6 heteroatoms. The molecule has 0 bridgehead atoms. The molecule has 4 aromatic rings. The minimum atomic E-state index is 0.0117. The Morgan fingerprint density at radius 3 is 2.35 bits per heavy atom. The van der Waals surface area contributed by atoms with Crippen molar-refractivity contribution < 1.29 is 0 Å². The molecule has 0 spiro atoms. The molecule has 2 aliphatic rings. The van der Waals surface area contributed by atoms with Gasteiger partial charge in [0.05, 0.1) is 11.7 Å². The maximum Gasteiger partial charge on any atom is 0.178 e. The first-order valence-electron chi connectivity index (χ1n) is 13.5. The molecule has 0 N–H and O–H groups in total. The summed E-state index contributed by atoms with van der Waals surface area (Å²) in [6.07, 6.45) is 9.21. The van der Waals surface area contributed by atoms with Crippen molar-refractivity contribution in [3.05, 3.63) is 113 Å². The predicted molar refractivity (Wildman–Crippen MR) is 148 cm³/mol. The Kier molecular flexibility index (Phi) is 7.19. The predicted octanol–water partition coefficient (Wildman–Crippen LogP) is 4.96. The van der Waals surface area contributed by atoms with E-state index in [4.69, 9.17) is 0 Å². The maximum absolute atomic E-state index is 4.63. The van der Waals surface area contributed by atoms with Crippen LogP contribution >= 0.6 is 0 Å². The molecule has 188 valence electrons. The van der Waals surface area contributed by atoms with Gasteiger partial charge < -0.3 is 0 Å². The van der Waals surface area contributed by atoms with Gasteiger partial charge in [-0.2, -0.15) is 4.68 Å². The molecule has 37 heavy (non-hydrogen) atoms. The molecule has 1 aromatic heterocycles. The Balaban J connectivity index is 1.24. The smallest absolute Gasteiger partial charge is 0.178 e. The lowest BCUT2D eigenvalue weighted by Crippen LogP contribution is -2.48. The minimum absolute atomic E-state index is 0.0117. The second-order valence-corrected chi connectivity index (χ2v) is 10.0. The normalized spacial score (nSPS) is 17.6. The molecule has 1 aliphatic heterocycles. The van der Waals surface area contributed by atoms with Crippen LogP contribution in [0.3, 0.4) is 0 Å². The summed E-state index contributed by atoms with van der Waals surface area (Å²) in [6, 6.07) is 27.9. The summed E-state index contributed by atoms with van der Waals surface area (Å²) < 4.78 is 2.01. The van der Waals surface area contributed by atoms with Crippen molar-refractivity contribution in [1.29, 1.82) is 0 Å². The quantitative estimate of drug-likeness (QED) is 0.366. The number of fused-ring (bicyclic) bond motifs is 1. The second-order valence-electron chi connectivity index (χ2n) is 10.0. The van der Waals surface area contributed by atoms with Gasteiger partial charge in [0.2, 0.25) is 0 Å². The third-order valence-electron chi connectivity index (χ3n) is 7.70. The van der Waals surface area contributed by atoms with Gasteiger partial charge in [0, 0.05) is 32.7 Å². The summed E-state index contributed by atoms with van der Waals surface area (Å²) in [5.41, 5.74) is 6.48. The first-order valence-corrected chi connectivity index (χ1v) is 13.5. The summed E-state index contributed by atoms with van der Waals surface area (Å²) in [6.45, 7) is 4.94. The number of aryl methyl sites for hydroxylation is 1. The molecule has 0 amide bonds. The standard InChI is InChI=1S/C31H34N6/c1-3-11-25(12-4-1)13-10-20-35-21-23-36(24-22-35)30(27-15-5-2-6-16-27)31-32-33-34-37(31)29-19-9-17-26-14-7-8-18-28(26)29/h1-6,9-13,15-17,19,30H,7-8,14,18,20-24H2/b13-10+/t30-/m1/s1. The van der Waals surface area contributed by atoms with E-state index in [2.05, 4.69) is 116 Å². The Morgan fingerprint density at radius 1 is 0.784 bits per heavy atom. The van der Waals surface area contributed by atoms with Crippen LogP contribution in [0, 0.1) is 0 Å². The Morgan fingerprint density at radius 2 is 1.54 bits per heavy atom. The maximum atomic E-state index is 4.63. The number of tetrazole rings is 1. The lowest BCUT2D eigenvalue weighted by atomic mass is 9.90. The highest BCUT2D eigenvalue weighted by atomic mass is 15.6. The molecule has 1 fully saturated rings. The third kappa shape index (κ3) is 5.26. The van der Waals surface area contributed by atoms with Crippen molar-refractivity contribution in [2.45, 2.75) is 31.7 Å². The van der Waals surface area contributed by atoms with E-state index in [9.17, 15) is 0 Å². The van der Waals surface area contributed by atoms with Crippen LogP contribution in [-0.4, -0.2) is 62.7 Å². The van der Waals surface area contributed by atoms with Crippen molar-refractivity contribution in [3.63, 3.8) is 0 Å². The molecule has 6 nitrogen and oxygen atoms in total. The van der Waals surface area contributed by atoms with Crippen LogP contribution in [0.2, 0.25) is 0 Å². The van der Waals surface area contributed by atoms with Crippen LogP contribution in [0.1, 0.15) is 47.0 Å². The highest BCUT2D eigenvalue weighted by molar-refractivity contribution is 5.49. The SMILES string of the molecule is C(=C\c1ccccc1)/CN1CCN([C@H](c2ccccc2)c2nnnn2-c2cccc3c2CCCC3)CC1. The molecular formula is C31H34N6. The van der Waals surface area contributed by atoms with Crippen LogP contribution in [0.5, 0.6) is 0 Å². The number of rotatable bonds is 7. The van der Waals surface area contributed by atoms with Gasteiger partial charge in [0.1, 0.15) is 0 Å². The topological polar surface area (TPSA) is 50.1 Å². The first-order chi connectivity index (χ1) is 18.4. The molecule has 0 radical (unpaired) electrons. The Labute approximate surface area is 219 Å². The monoisotopic (exact) mass is 490 g/mol. The molecular weight excluding hydrogens is 456 g/mol. The fourth-order valence-electron chi connectivity index (χ4n) is 5.76. The van der Waals surface area contributed by atoms with Crippen LogP contribution < -0.4 is 0 Å². The summed E-state index contributed by atoms with van der Waals surface area (Å²) in [5.74, 6) is 0.905. The summed E-state index contributed by atoms with van der Waals surface area (Å²) in [5, 5.41) is 13.4. The number of benzene rings is 3. The van der Waals surface area contributed by atoms with Gasteiger partial charge in [-0.15, -0.1) is 5.10 Å². The van der Waals surface area contributed by atoms with E-state index in [0.29, 0.717) is 0 Å². The van der Waals surface area contributed by atoms with E-state index in [1.54, 1.807) is 0 Å². The Hall–Kier alpha value is -3.61. The number of nitrogens with zero attached hydrogens (tertiary/aromatic N) is 6. The van der Waals surface area contributed by atoms with Crippen molar-refractivity contribution in [3.8, 4) is 5.69 Å². The average Bonchev–Trinajstić information content (AvgIpc) is 3.44.